The molecule has 0 atom stereocenters. The quantitative estimate of drug-likeness (QED) is 0.776. The van der Waals surface area contributed by atoms with Crippen molar-refractivity contribution in [1.82, 2.24) is 9.62 Å². The number of sulfonamides is 1. The highest BCUT2D eigenvalue weighted by Gasteiger charge is 2.23. The van der Waals surface area contributed by atoms with Crippen molar-refractivity contribution in [3.63, 3.8) is 0 Å². The van der Waals surface area contributed by atoms with Crippen LogP contribution < -0.4 is 5.32 Å². The lowest BCUT2D eigenvalue weighted by atomic mass is 10.2. The van der Waals surface area contributed by atoms with Crippen LogP contribution in [0.5, 0.6) is 0 Å². The summed E-state index contributed by atoms with van der Waals surface area (Å²) in [4.78, 5) is 12.4. The molecule has 0 aliphatic rings. The van der Waals surface area contributed by atoms with Gasteiger partial charge in [0, 0.05) is 19.6 Å². The van der Waals surface area contributed by atoms with Crippen LogP contribution in [0.1, 0.15) is 29.8 Å². The summed E-state index contributed by atoms with van der Waals surface area (Å²) in [5, 5.41) is 2.76. The minimum atomic E-state index is -3.70. The van der Waals surface area contributed by atoms with Crippen molar-refractivity contribution in [3.8, 4) is 0 Å². The number of hydrogen-bond donors (Lipinski definition) is 1. The van der Waals surface area contributed by atoms with Crippen LogP contribution in [0.2, 0.25) is 5.02 Å². The number of nitrogens with zero attached hydrogens (tertiary/aromatic N) is 1. The van der Waals surface area contributed by atoms with Gasteiger partial charge in [-0.2, -0.15) is 4.31 Å². The Labute approximate surface area is 157 Å². The average molecular weight is 399 g/mol. The van der Waals surface area contributed by atoms with Crippen LogP contribution in [0.25, 0.3) is 0 Å². The Balaban J connectivity index is 2.25. The second-order valence-electron chi connectivity index (χ2n) is 5.54. The highest BCUT2D eigenvalue weighted by atomic mass is 35.5. The van der Waals surface area contributed by atoms with Crippen LogP contribution in [0.3, 0.4) is 0 Å². The normalized spacial score (nSPS) is 11.6. The summed E-state index contributed by atoms with van der Waals surface area (Å²) in [5.41, 5.74) is 0.637. The standard InChI is InChI=1S/C18H20ClFN2O3S/c1-3-22(4-2)26(24,25)15-8-9-17(19)16(11-15)18(23)21-12-13-6-5-7-14(20)10-13/h5-11H,3-4,12H2,1-2H3,(H,21,23). The van der Waals surface area contributed by atoms with Crippen molar-refractivity contribution < 1.29 is 17.6 Å². The molecule has 0 aliphatic heterocycles. The molecular formula is C18H20ClFN2O3S. The molecule has 0 fully saturated rings. The number of carbonyl (C=O) groups is 1. The van der Waals surface area contributed by atoms with Crippen molar-refractivity contribution >= 4 is 27.5 Å². The second-order valence-corrected chi connectivity index (χ2v) is 7.89. The van der Waals surface area contributed by atoms with E-state index in [0.29, 0.717) is 18.7 Å². The molecule has 0 aliphatic carbocycles. The summed E-state index contributed by atoms with van der Waals surface area (Å²) in [6.07, 6.45) is 0. The predicted octanol–water partition coefficient (Wildman–Crippen LogP) is 3.44. The Kier molecular flexibility index (Phi) is 6.75. The van der Waals surface area contributed by atoms with Gasteiger partial charge in [0.1, 0.15) is 5.82 Å². The minimum absolute atomic E-state index is 0.00139. The van der Waals surface area contributed by atoms with Gasteiger partial charge in [-0.15, -0.1) is 0 Å². The fourth-order valence-electron chi connectivity index (χ4n) is 2.48. The summed E-state index contributed by atoms with van der Waals surface area (Å²) in [6, 6.07) is 9.85. The van der Waals surface area contributed by atoms with Crippen molar-refractivity contribution in [3.05, 3.63) is 64.4 Å². The van der Waals surface area contributed by atoms with Crippen LogP contribution in [-0.4, -0.2) is 31.7 Å². The molecule has 0 saturated carbocycles. The number of nitrogens with one attached hydrogen (secondary N) is 1. The Bertz CT molecular complexity index is 899. The Morgan fingerprint density at radius 2 is 1.85 bits per heavy atom. The largest absolute Gasteiger partial charge is 0.348 e. The predicted molar refractivity (Wildman–Crippen MR) is 99.1 cm³/mol. The molecule has 2 rings (SSSR count). The van der Waals surface area contributed by atoms with E-state index in [0.717, 1.165) is 0 Å². The van der Waals surface area contributed by atoms with Gasteiger partial charge in [0.15, 0.2) is 0 Å². The Morgan fingerprint density at radius 1 is 1.15 bits per heavy atom. The van der Waals surface area contributed by atoms with Gasteiger partial charge in [-0.05, 0) is 35.9 Å². The highest BCUT2D eigenvalue weighted by molar-refractivity contribution is 7.89. The monoisotopic (exact) mass is 398 g/mol. The topological polar surface area (TPSA) is 66.5 Å². The second kappa shape index (κ2) is 8.62. The third-order valence-corrected chi connectivity index (χ3v) is 6.24. The number of amides is 1. The lowest BCUT2D eigenvalue weighted by Crippen LogP contribution is -2.31. The first-order chi connectivity index (χ1) is 12.3. The van der Waals surface area contributed by atoms with Crippen molar-refractivity contribution in [1.29, 1.82) is 0 Å². The molecule has 0 unspecified atom stereocenters. The molecule has 0 bridgehead atoms. The zero-order chi connectivity index (χ0) is 19.3. The molecule has 8 heteroatoms. The molecule has 2 aromatic carbocycles. The third kappa shape index (κ3) is 4.60. The maximum absolute atomic E-state index is 13.2. The maximum Gasteiger partial charge on any atom is 0.253 e. The first-order valence-electron chi connectivity index (χ1n) is 8.12. The third-order valence-electron chi connectivity index (χ3n) is 3.87. The van der Waals surface area contributed by atoms with Crippen LogP contribution in [0.15, 0.2) is 47.4 Å². The van der Waals surface area contributed by atoms with Gasteiger partial charge in [-0.25, -0.2) is 12.8 Å². The molecule has 2 aromatic rings. The first-order valence-corrected chi connectivity index (χ1v) is 9.93. The van der Waals surface area contributed by atoms with E-state index in [1.807, 2.05) is 0 Å². The van der Waals surface area contributed by atoms with Gasteiger partial charge in [0.05, 0.1) is 15.5 Å². The van der Waals surface area contributed by atoms with Crippen LogP contribution >= 0.6 is 11.6 Å². The molecule has 0 heterocycles. The van der Waals surface area contributed by atoms with Crippen LogP contribution in [-0.2, 0) is 16.6 Å². The van der Waals surface area contributed by atoms with E-state index in [-0.39, 0.29) is 22.0 Å². The molecule has 0 aromatic heterocycles. The summed E-state index contributed by atoms with van der Waals surface area (Å²) < 4.78 is 39.7. The van der Waals surface area contributed by atoms with Crippen molar-refractivity contribution in [2.45, 2.75) is 25.3 Å². The van der Waals surface area contributed by atoms with Gasteiger partial charge >= 0.3 is 0 Å². The number of rotatable bonds is 7. The van der Waals surface area contributed by atoms with Gasteiger partial charge in [0.25, 0.3) is 5.91 Å². The van der Waals surface area contributed by atoms with E-state index in [4.69, 9.17) is 11.6 Å². The average Bonchev–Trinajstić information content (AvgIpc) is 2.60. The van der Waals surface area contributed by atoms with E-state index in [1.165, 1.54) is 34.6 Å². The Morgan fingerprint density at radius 3 is 2.46 bits per heavy atom. The maximum atomic E-state index is 13.2. The van der Waals surface area contributed by atoms with E-state index in [9.17, 15) is 17.6 Å². The highest BCUT2D eigenvalue weighted by Crippen LogP contribution is 2.23. The minimum Gasteiger partial charge on any atom is -0.348 e. The van der Waals surface area contributed by atoms with E-state index >= 15 is 0 Å². The molecular weight excluding hydrogens is 379 g/mol. The lowest BCUT2D eigenvalue weighted by molar-refractivity contribution is 0.0951. The lowest BCUT2D eigenvalue weighted by Gasteiger charge is -2.19. The fourth-order valence-corrected chi connectivity index (χ4v) is 4.16. The van der Waals surface area contributed by atoms with Crippen LogP contribution in [0.4, 0.5) is 4.39 Å². The SMILES string of the molecule is CCN(CC)S(=O)(=O)c1ccc(Cl)c(C(=O)NCc2cccc(F)c2)c1. The number of benzene rings is 2. The number of carbonyl (C=O) groups excluding carboxylic acids is 1. The zero-order valence-electron chi connectivity index (χ0n) is 14.5. The Hall–Kier alpha value is -1.96. The molecule has 26 heavy (non-hydrogen) atoms. The molecule has 1 amide bonds. The van der Waals surface area contributed by atoms with Crippen molar-refractivity contribution in [2.24, 2.45) is 0 Å². The molecule has 0 radical (unpaired) electrons. The van der Waals surface area contributed by atoms with E-state index in [2.05, 4.69) is 5.32 Å². The molecule has 1 N–H and O–H groups in total. The molecule has 5 nitrogen and oxygen atoms in total. The van der Waals surface area contributed by atoms with Crippen LogP contribution in [0, 0.1) is 5.82 Å². The van der Waals surface area contributed by atoms with Gasteiger partial charge < -0.3 is 5.32 Å². The molecule has 0 spiro atoms. The fraction of sp³-hybridized carbons (Fsp3) is 0.278. The van der Waals surface area contributed by atoms with Gasteiger partial charge in [-0.3, -0.25) is 4.79 Å². The first kappa shape index (κ1) is 20.4. The van der Waals surface area contributed by atoms with Crippen molar-refractivity contribution in [2.75, 3.05) is 13.1 Å². The summed E-state index contributed by atoms with van der Waals surface area (Å²) >= 11 is 6.07. The molecule has 140 valence electrons. The number of halogens is 2. The summed E-state index contributed by atoms with van der Waals surface area (Å²) in [7, 11) is -3.70. The zero-order valence-corrected chi connectivity index (χ0v) is 16.1. The van der Waals surface area contributed by atoms with Gasteiger partial charge in [0.2, 0.25) is 10.0 Å². The van der Waals surface area contributed by atoms with E-state index < -0.39 is 21.7 Å². The molecule has 0 saturated heterocycles. The van der Waals surface area contributed by atoms with Gasteiger partial charge in [-0.1, -0.05) is 37.6 Å². The smallest absolute Gasteiger partial charge is 0.253 e. The van der Waals surface area contributed by atoms with E-state index in [1.54, 1.807) is 26.0 Å². The summed E-state index contributed by atoms with van der Waals surface area (Å²) in [6.45, 7) is 4.22. The number of hydrogen-bond acceptors (Lipinski definition) is 3. The summed E-state index contributed by atoms with van der Waals surface area (Å²) in [5.74, 6) is -0.932.